The number of carboxylic acid groups (broad SMARTS) is 2. The van der Waals surface area contributed by atoms with Crippen LogP contribution in [0.4, 0.5) is 13.2 Å². The molecule has 3 aromatic rings. The van der Waals surface area contributed by atoms with Gasteiger partial charge < -0.3 is 34.1 Å². The minimum absolute atomic E-state index is 0.0133. The van der Waals surface area contributed by atoms with E-state index in [2.05, 4.69) is 11.8 Å². The second-order valence-electron chi connectivity index (χ2n) is 14.4. The van der Waals surface area contributed by atoms with Gasteiger partial charge in [0.15, 0.2) is 0 Å². The van der Waals surface area contributed by atoms with Crippen molar-refractivity contribution in [2.75, 3.05) is 59.2 Å². The maximum absolute atomic E-state index is 13.0. The minimum Gasteiger partial charge on any atom is -0.494 e. The molecule has 318 valence electrons. The molecule has 3 aromatic carbocycles. The van der Waals surface area contributed by atoms with Crippen molar-refractivity contribution in [3.8, 4) is 11.5 Å². The molecule has 0 spiro atoms. The average Bonchev–Trinajstić information content (AvgIpc) is 3.21. The number of hydrogen-bond donors (Lipinski definition) is 2. The zero-order valence-electron chi connectivity index (χ0n) is 33.3. The van der Waals surface area contributed by atoms with E-state index >= 15 is 0 Å². The fourth-order valence-electron chi connectivity index (χ4n) is 6.72. The number of halogens is 3. The van der Waals surface area contributed by atoms with Crippen LogP contribution in [-0.4, -0.2) is 97.0 Å². The fourth-order valence-corrected chi connectivity index (χ4v) is 6.72. The van der Waals surface area contributed by atoms with Gasteiger partial charge in [-0.15, -0.1) is 0 Å². The summed E-state index contributed by atoms with van der Waals surface area (Å²) in [4.78, 5) is 37.0. The maximum atomic E-state index is 13.0. The van der Waals surface area contributed by atoms with Crippen LogP contribution in [0.2, 0.25) is 0 Å². The van der Waals surface area contributed by atoms with Crippen LogP contribution in [0.15, 0.2) is 72.8 Å². The smallest absolute Gasteiger partial charge is 0.416 e. The summed E-state index contributed by atoms with van der Waals surface area (Å²) in [7, 11) is 0. The van der Waals surface area contributed by atoms with Crippen LogP contribution in [0, 0.1) is 0 Å². The van der Waals surface area contributed by atoms with Gasteiger partial charge in [-0.2, -0.15) is 13.2 Å². The summed E-state index contributed by atoms with van der Waals surface area (Å²) in [5.74, 6) is -0.399. The number of nitrogens with zero attached hydrogens (tertiary/aromatic N) is 2. The molecule has 5 rings (SSSR count). The third kappa shape index (κ3) is 16.3. The van der Waals surface area contributed by atoms with Crippen molar-refractivity contribution in [2.24, 2.45) is 0 Å². The van der Waals surface area contributed by atoms with Crippen LogP contribution in [0.1, 0.15) is 99.2 Å². The average molecular weight is 815 g/mol. The van der Waals surface area contributed by atoms with Gasteiger partial charge in [-0.25, -0.2) is 0 Å². The number of unbranched alkanes of at least 4 members (excludes halogenated alkanes) is 5. The van der Waals surface area contributed by atoms with Crippen LogP contribution < -0.4 is 9.47 Å². The number of amides is 1. The number of hydrogen-bond acceptors (Lipinski definition) is 8. The SMILES string of the molecule is CCCCCCCCOc1ccc(C2CN(CCC(=O)O)C(=O)CO2)cc1.O=C(O)CCN1CCOC(c2ccc(OCCCc3ccccc3C(F)(F)F)cc2)C1. The Hall–Kier alpha value is -4.66. The lowest BCUT2D eigenvalue weighted by Gasteiger charge is -2.32. The second-order valence-corrected chi connectivity index (χ2v) is 14.4. The van der Waals surface area contributed by atoms with E-state index in [1.54, 1.807) is 11.0 Å². The van der Waals surface area contributed by atoms with Crippen molar-refractivity contribution < 1.29 is 56.7 Å². The number of aliphatic carboxylic acids is 2. The molecule has 2 unspecified atom stereocenters. The Morgan fingerprint density at radius 3 is 1.93 bits per heavy atom. The Morgan fingerprint density at radius 1 is 0.741 bits per heavy atom. The van der Waals surface area contributed by atoms with E-state index in [0.717, 1.165) is 36.0 Å². The normalized spacial score (nSPS) is 17.3. The zero-order chi connectivity index (χ0) is 41.8. The Morgan fingerprint density at radius 2 is 1.31 bits per heavy atom. The molecule has 0 radical (unpaired) electrons. The highest BCUT2D eigenvalue weighted by Gasteiger charge is 2.32. The molecule has 2 N–H and O–H groups in total. The number of benzene rings is 3. The van der Waals surface area contributed by atoms with Crippen molar-refractivity contribution in [2.45, 2.75) is 89.5 Å². The Labute approximate surface area is 339 Å². The molecule has 0 aliphatic carbocycles. The first-order valence-corrected chi connectivity index (χ1v) is 20.2. The number of carbonyl (C=O) groups excluding carboxylic acids is 1. The van der Waals surface area contributed by atoms with Gasteiger partial charge in [0, 0.05) is 26.2 Å². The predicted molar refractivity (Wildman–Crippen MR) is 212 cm³/mol. The van der Waals surface area contributed by atoms with E-state index in [4.69, 9.17) is 29.2 Å². The highest BCUT2D eigenvalue weighted by atomic mass is 19.4. The molecule has 2 heterocycles. The molecule has 0 saturated carbocycles. The molecular weight excluding hydrogens is 757 g/mol. The van der Waals surface area contributed by atoms with Crippen LogP contribution in [0.3, 0.4) is 0 Å². The van der Waals surface area contributed by atoms with Gasteiger partial charge in [-0.05, 0) is 66.3 Å². The maximum Gasteiger partial charge on any atom is 0.416 e. The third-order valence-corrected chi connectivity index (χ3v) is 9.99. The van der Waals surface area contributed by atoms with Crippen LogP contribution >= 0.6 is 0 Å². The summed E-state index contributed by atoms with van der Waals surface area (Å²) in [6.07, 6.45) is 3.52. The van der Waals surface area contributed by atoms with E-state index in [1.807, 2.05) is 48.5 Å². The first-order valence-electron chi connectivity index (χ1n) is 20.2. The van der Waals surface area contributed by atoms with Gasteiger partial charge >= 0.3 is 18.1 Å². The van der Waals surface area contributed by atoms with Gasteiger partial charge in [0.05, 0.1) is 50.9 Å². The van der Waals surface area contributed by atoms with Crippen LogP contribution in [-0.2, 0) is 36.5 Å². The van der Waals surface area contributed by atoms with Crippen molar-refractivity contribution in [3.05, 3.63) is 95.1 Å². The molecular formula is C44H57F3N2O9. The number of morpholine rings is 2. The number of aryl methyl sites for hydroxylation is 1. The second kappa shape index (κ2) is 24.3. The number of rotatable bonds is 21. The molecule has 2 aliphatic rings. The number of carbonyl (C=O) groups is 3. The lowest BCUT2D eigenvalue weighted by Crippen LogP contribution is -2.44. The first-order chi connectivity index (χ1) is 27.9. The van der Waals surface area contributed by atoms with E-state index in [0.29, 0.717) is 51.6 Å². The standard InChI is InChI=1S/C23H26F3NO4.C21H31NO5/c24-23(25,26)20-6-2-1-4-17(20)5-3-14-30-19-9-7-18(8-10-19)21-16-27(13-15-31-21)12-11-22(28)29;1-2-3-4-5-6-7-14-26-18-10-8-17(9-11-18)19-15-22(13-12-21(24)25)20(23)16-27-19/h1-2,4,6-10,21H,3,5,11-16H2,(H,28,29);8-11,19H,2-7,12-16H2,1H3,(H,24,25). The van der Waals surface area contributed by atoms with Gasteiger partial charge in [-0.1, -0.05) is 81.5 Å². The van der Waals surface area contributed by atoms with E-state index in [1.165, 1.54) is 44.2 Å². The van der Waals surface area contributed by atoms with E-state index < -0.39 is 23.7 Å². The lowest BCUT2D eigenvalue weighted by atomic mass is 10.0. The van der Waals surface area contributed by atoms with E-state index in [9.17, 15) is 27.6 Å². The molecule has 0 bridgehead atoms. The third-order valence-electron chi connectivity index (χ3n) is 9.99. The molecule has 2 fully saturated rings. The fraction of sp³-hybridized carbons (Fsp3) is 0.523. The summed E-state index contributed by atoms with van der Waals surface area (Å²) in [5, 5.41) is 17.6. The van der Waals surface area contributed by atoms with Crippen molar-refractivity contribution in [1.29, 1.82) is 0 Å². The molecule has 11 nitrogen and oxygen atoms in total. The Balaban J connectivity index is 0.000000259. The van der Waals surface area contributed by atoms with Gasteiger partial charge in [0.1, 0.15) is 24.2 Å². The molecule has 2 saturated heterocycles. The summed E-state index contributed by atoms with van der Waals surface area (Å²) in [5.41, 5.74) is 1.63. The zero-order valence-corrected chi connectivity index (χ0v) is 33.3. The summed E-state index contributed by atoms with van der Waals surface area (Å²) in [6, 6.07) is 20.8. The van der Waals surface area contributed by atoms with Crippen molar-refractivity contribution in [1.82, 2.24) is 9.80 Å². The van der Waals surface area contributed by atoms with Gasteiger partial charge in [0.25, 0.3) is 0 Å². The Bertz CT molecular complexity index is 1690. The molecule has 58 heavy (non-hydrogen) atoms. The van der Waals surface area contributed by atoms with Crippen LogP contribution in [0.25, 0.3) is 0 Å². The summed E-state index contributed by atoms with van der Waals surface area (Å²) >= 11 is 0. The van der Waals surface area contributed by atoms with Crippen LogP contribution in [0.5, 0.6) is 11.5 Å². The highest BCUT2D eigenvalue weighted by molar-refractivity contribution is 5.79. The predicted octanol–water partition coefficient (Wildman–Crippen LogP) is 8.37. The quantitative estimate of drug-likeness (QED) is 0.101. The number of ether oxygens (including phenoxy) is 4. The molecule has 2 atom stereocenters. The molecule has 1 amide bonds. The van der Waals surface area contributed by atoms with E-state index in [-0.39, 0.29) is 56.1 Å². The molecule has 0 aromatic heterocycles. The summed E-state index contributed by atoms with van der Waals surface area (Å²) in [6.45, 7) is 6.22. The molecule has 14 heteroatoms. The molecule has 2 aliphatic heterocycles. The van der Waals surface area contributed by atoms with Gasteiger partial charge in [0.2, 0.25) is 5.91 Å². The lowest BCUT2D eigenvalue weighted by molar-refractivity contribution is -0.150. The van der Waals surface area contributed by atoms with Crippen molar-refractivity contribution >= 4 is 17.8 Å². The number of carboxylic acids is 2. The van der Waals surface area contributed by atoms with Crippen molar-refractivity contribution in [3.63, 3.8) is 0 Å². The number of alkyl halides is 3. The van der Waals surface area contributed by atoms with Gasteiger partial charge in [-0.3, -0.25) is 19.3 Å². The summed E-state index contributed by atoms with van der Waals surface area (Å²) < 4.78 is 62.0. The highest BCUT2D eigenvalue weighted by Crippen LogP contribution is 2.32. The topological polar surface area (TPSA) is 135 Å². The monoisotopic (exact) mass is 814 g/mol. The largest absolute Gasteiger partial charge is 0.494 e. The Kier molecular flexibility index (Phi) is 19.3. The minimum atomic E-state index is -4.35. The first kappa shape index (κ1) is 46.0.